The molecule has 0 radical (unpaired) electrons. The molecule has 1 aliphatic rings. The molecular formula is C25H27BrClN3O5. The van der Waals surface area contributed by atoms with E-state index >= 15 is 0 Å². The number of halogens is 2. The number of hydrogen-bond acceptors (Lipinski definition) is 5. The lowest BCUT2D eigenvalue weighted by molar-refractivity contribution is -0.151. The maximum atomic E-state index is 12.6. The third kappa shape index (κ3) is 6.82. The van der Waals surface area contributed by atoms with Crippen molar-refractivity contribution >= 4 is 56.9 Å². The summed E-state index contributed by atoms with van der Waals surface area (Å²) in [5, 5.41) is 4.18. The third-order valence-corrected chi connectivity index (χ3v) is 6.79. The summed E-state index contributed by atoms with van der Waals surface area (Å²) in [5.41, 5.74) is 5.26. The summed E-state index contributed by atoms with van der Waals surface area (Å²) in [4.78, 5) is 49.5. The maximum Gasteiger partial charge on any atom is 0.311 e. The molecule has 186 valence electrons. The van der Waals surface area contributed by atoms with Crippen LogP contribution >= 0.6 is 27.5 Å². The van der Waals surface area contributed by atoms with Crippen molar-refractivity contribution in [3.8, 4) is 0 Å². The predicted molar refractivity (Wildman–Crippen MR) is 136 cm³/mol. The van der Waals surface area contributed by atoms with Crippen LogP contribution in [0.15, 0.2) is 40.9 Å². The Morgan fingerprint density at radius 3 is 2.46 bits per heavy atom. The highest BCUT2D eigenvalue weighted by Crippen LogP contribution is 2.29. The van der Waals surface area contributed by atoms with E-state index in [1.165, 1.54) is 0 Å². The molecule has 1 heterocycles. The maximum absolute atomic E-state index is 12.6. The van der Waals surface area contributed by atoms with E-state index < -0.39 is 36.2 Å². The van der Waals surface area contributed by atoms with Crippen molar-refractivity contribution in [1.29, 1.82) is 0 Å². The second-order valence-corrected chi connectivity index (χ2v) is 10.7. The number of benzene rings is 2. The summed E-state index contributed by atoms with van der Waals surface area (Å²) in [6.45, 7) is 7.48. The van der Waals surface area contributed by atoms with Gasteiger partial charge >= 0.3 is 5.97 Å². The summed E-state index contributed by atoms with van der Waals surface area (Å²) >= 11 is 9.37. The van der Waals surface area contributed by atoms with Gasteiger partial charge in [0.25, 0.3) is 11.8 Å². The average Bonchev–Trinajstić information content (AvgIpc) is 3.15. The lowest BCUT2D eigenvalue weighted by Crippen LogP contribution is -2.43. The minimum atomic E-state index is -0.789. The number of amides is 3. The number of nitrogens with zero attached hydrogens (tertiary/aromatic N) is 1. The van der Waals surface area contributed by atoms with Crippen molar-refractivity contribution in [3.05, 3.63) is 62.6 Å². The number of nitrogens with one attached hydrogen (secondary N) is 2. The molecule has 10 heteroatoms. The zero-order valence-electron chi connectivity index (χ0n) is 19.9. The Labute approximate surface area is 217 Å². The zero-order valence-corrected chi connectivity index (χ0v) is 22.2. The van der Waals surface area contributed by atoms with E-state index in [2.05, 4.69) is 47.4 Å². The van der Waals surface area contributed by atoms with Crippen molar-refractivity contribution < 1.29 is 23.9 Å². The van der Waals surface area contributed by atoms with E-state index in [1.54, 1.807) is 31.2 Å². The molecule has 0 bridgehead atoms. The van der Waals surface area contributed by atoms with Gasteiger partial charge in [0.1, 0.15) is 0 Å². The summed E-state index contributed by atoms with van der Waals surface area (Å²) in [6, 6.07) is 10.5. The van der Waals surface area contributed by atoms with Crippen LogP contribution in [0.3, 0.4) is 0 Å². The highest BCUT2D eigenvalue weighted by molar-refractivity contribution is 9.10. The standard InChI is InChI=1S/C25H27BrClN3O5/c1-14-9-18(26)19(27)11-20(14)28-21(31)13-35-24(34)16-10-22(32)30(12-16)29-23(33)15-5-7-17(8-6-15)25(2,3)4/h5-9,11,16H,10,12-13H2,1-4H3,(H,28,31)(H,29,33)/t16-/m0/s1. The molecule has 2 aromatic carbocycles. The van der Waals surface area contributed by atoms with Crippen molar-refractivity contribution in [1.82, 2.24) is 10.4 Å². The molecule has 1 saturated heterocycles. The number of carbonyl (C=O) groups excluding carboxylic acids is 4. The quantitative estimate of drug-likeness (QED) is 0.507. The molecule has 8 nitrogen and oxygen atoms in total. The summed E-state index contributed by atoms with van der Waals surface area (Å²) < 4.78 is 5.80. The van der Waals surface area contributed by atoms with Crippen LogP contribution in [0, 0.1) is 12.8 Å². The van der Waals surface area contributed by atoms with Gasteiger partial charge in [0.05, 0.1) is 17.5 Å². The Balaban J connectivity index is 1.51. The number of esters is 1. The molecule has 0 aromatic heterocycles. The number of anilines is 1. The monoisotopic (exact) mass is 563 g/mol. The van der Waals surface area contributed by atoms with Gasteiger partial charge in [-0.3, -0.25) is 29.6 Å². The molecular weight excluding hydrogens is 538 g/mol. The highest BCUT2D eigenvalue weighted by Gasteiger charge is 2.36. The molecule has 1 atom stereocenters. The van der Waals surface area contributed by atoms with E-state index in [9.17, 15) is 19.2 Å². The lowest BCUT2D eigenvalue weighted by Gasteiger charge is -2.20. The number of carbonyl (C=O) groups is 4. The Morgan fingerprint density at radius 2 is 1.83 bits per heavy atom. The van der Waals surface area contributed by atoms with E-state index in [1.807, 2.05) is 12.1 Å². The van der Waals surface area contributed by atoms with Gasteiger partial charge in [0, 0.05) is 22.1 Å². The minimum Gasteiger partial charge on any atom is -0.455 e. The number of ether oxygens (including phenoxy) is 1. The van der Waals surface area contributed by atoms with Crippen LogP contribution < -0.4 is 10.7 Å². The Bertz CT molecular complexity index is 1160. The van der Waals surface area contributed by atoms with Crippen LogP contribution in [0.1, 0.15) is 48.7 Å². The van der Waals surface area contributed by atoms with E-state index in [0.717, 1.165) is 16.1 Å². The molecule has 2 N–H and O–H groups in total. The summed E-state index contributed by atoms with van der Waals surface area (Å²) in [5.74, 6) is -2.87. The predicted octanol–water partition coefficient (Wildman–Crippen LogP) is 4.38. The third-order valence-electron chi connectivity index (χ3n) is 5.59. The molecule has 1 fully saturated rings. The Hall–Kier alpha value is -2.91. The molecule has 35 heavy (non-hydrogen) atoms. The number of hydrazine groups is 1. The number of hydrogen-bond donors (Lipinski definition) is 2. The van der Waals surface area contributed by atoms with Gasteiger partial charge in [-0.15, -0.1) is 0 Å². The molecule has 0 saturated carbocycles. The lowest BCUT2D eigenvalue weighted by atomic mass is 9.87. The molecule has 1 aliphatic heterocycles. The van der Waals surface area contributed by atoms with Crippen LogP contribution in [0.2, 0.25) is 5.02 Å². The molecule has 0 spiro atoms. The molecule has 3 rings (SSSR count). The fraction of sp³-hybridized carbons (Fsp3) is 0.360. The fourth-order valence-corrected chi connectivity index (χ4v) is 4.13. The normalized spacial score (nSPS) is 15.7. The van der Waals surface area contributed by atoms with Crippen LogP contribution in [0.25, 0.3) is 0 Å². The molecule has 3 amide bonds. The molecule has 0 unspecified atom stereocenters. The highest BCUT2D eigenvalue weighted by atomic mass is 79.9. The Kier molecular flexibility index (Phi) is 8.22. The first-order valence-corrected chi connectivity index (χ1v) is 12.2. The van der Waals surface area contributed by atoms with Crippen molar-refractivity contribution in [3.63, 3.8) is 0 Å². The van der Waals surface area contributed by atoms with Gasteiger partial charge in [0.2, 0.25) is 5.91 Å². The van der Waals surface area contributed by atoms with Gasteiger partial charge < -0.3 is 10.1 Å². The largest absolute Gasteiger partial charge is 0.455 e. The first-order valence-electron chi connectivity index (χ1n) is 11.0. The second-order valence-electron chi connectivity index (χ2n) is 9.41. The first-order chi connectivity index (χ1) is 16.3. The van der Waals surface area contributed by atoms with E-state index in [0.29, 0.717) is 20.7 Å². The van der Waals surface area contributed by atoms with Crippen LogP contribution in [-0.4, -0.2) is 41.9 Å². The smallest absolute Gasteiger partial charge is 0.311 e. The zero-order chi connectivity index (χ0) is 25.9. The second kappa shape index (κ2) is 10.8. The molecule has 0 aliphatic carbocycles. The first kappa shape index (κ1) is 26.7. The molecule has 2 aromatic rings. The summed E-state index contributed by atoms with van der Waals surface area (Å²) in [6.07, 6.45) is -0.120. The van der Waals surface area contributed by atoms with Crippen molar-refractivity contribution in [2.24, 2.45) is 5.92 Å². The minimum absolute atomic E-state index is 0.0352. The van der Waals surface area contributed by atoms with Gasteiger partial charge in [-0.25, -0.2) is 0 Å². The van der Waals surface area contributed by atoms with Crippen molar-refractivity contribution in [2.45, 2.75) is 39.5 Å². The number of rotatable bonds is 6. The van der Waals surface area contributed by atoms with Crippen molar-refractivity contribution in [2.75, 3.05) is 18.5 Å². The number of aryl methyl sites for hydroxylation is 1. The average molecular weight is 565 g/mol. The van der Waals surface area contributed by atoms with Gasteiger partial charge in [-0.05, 0) is 63.7 Å². The van der Waals surface area contributed by atoms with Crippen LogP contribution in [0.5, 0.6) is 0 Å². The van der Waals surface area contributed by atoms with Gasteiger partial charge in [-0.2, -0.15) is 0 Å². The van der Waals surface area contributed by atoms with E-state index in [-0.39, 0.29) is 18.4 Å². The Morgan fingerprint density at radius 1 is 1.17 bits per heavy atom. The van der Waals surface area contributed by atoms with Crippen LogP contribution in [-0.2, 0) is 24.5 Å². The van der Waals surface area contributed by atoms with Gasteiger partial charge in [-0.1, -0.05) is 44.5 Å². The SMILES string of the molecule is Cc1cc(Br)c(Cl)cc1NC(=O)COC(=O)[C@H]1CC(=O)N(NC(=O)c2ccc(C(C)(C)C)cc2)C1. The summed E-state index contributed by atoms with van der Waals surface area (Å²) in [7, 11) is 0. The van der Waals surface area contributed by atoms with Gasteiger partial charge in [0.15, 0.2) is 6.61 Å². The fourth-order valence-electron chi connectivity index (χ4n) is 3.50. The topological polar surface area (TPSA) is 105 Å². The van der Waals surface area contributed by atoms with E-state index in [4.69, 9.17) is 16.3 Å². The van der Waals surface area contributed by atoms with Crippen LogP contribution in [0.4, 0.5) is 5.69 Å².